The molecule has 2 rings (SSSR count). The number of benzene rings is 1. The van der Waals surface area contributed by atoms with Gasteiger partial charge in [-0.15, -0.1) is 0 Å². The summed E-state index contributed by atoms with van der Waals surface area (Å²) in [6, 6.07) is 3.33. The first-order chi connectivity index (χ1) is 18.3. The Bertz CT molecular complexity index is 1180. The van der Waals surface area contributed by atoms with Gasteiger partial charge < -0.3 is 37.5 Å². The maximum atomic E-state index is 13.3. The molecule has 1 aromatic heterocycles. The largest absolute Gasteiger partial charge is 0.480 e. The zero-order valence-electron chi connectivity index (χ0n) is 22.8. The second-order valence-corrected chi connectivity index (χ2v) is 10.5. The average molecular weight is 545 g/mol. The molecule has 12 heteroatoms. The number of carbonyl (C=O) groups excluding carboxylic acids is 4. The van der Waals surface area contributed by atoms with Crippen molar-refractivity contribution in [2.45, 2.75) is 77.5 Å². The number of rotatable bonds is 15. The summed E-state index contributed by atoms with van der Waals surface area (Å²) in [6.07, 6.45) is 1.94. The number of nitrogens with one attached hydrogen (secondary N) is 4. The Labute approximate surface area is 227 Å². The highest BCUT2D eigenvalue weighted by Gasteiger charge is 2.32. The molecule has 0 spiro atoms. The lowest BCUT2D eigenvalue weighted by Crippen LogP contribution is -2.58. The number of hydrogen-bond donors (Lipinski definition) is 7. The number of aliphatic carboxylic acids is 1. The first-order valence-corrected chi connectivity index (χ1v) is 13.0. The van der Waals surface area contributed by atoms with E-state index >= 15 is 0 Å². The van der Waals surface area contributed by atoms with Crippen molar-refractivity contribution in [3.05, 3.63) is 36.0 Å². The number of nitrogens with two attached hydrogens (primary N) is 2. The van der Waals surface area contributed by atoms with Gasteiger partial charge in [0.05, 0.1) is 6.04 Å². The van der Waals surface area contributed by atoms with Crippen LogP contribution >= 0.6 is 0 Å². The smallest absolute Gasteiger partial charge is 0.326 e. The summed E-state index contributed by atoms with van der Waals surface area (Å²) < 4.78 is 0. The number of para-hydroxylation sites is 1. The van der Waals surface area contributed by atoms with Crippen LogP contribution < -0.4 is 27.4 Å². The van der Waals surface area contributed by atoms with Crippen LogP contribution in [0.2, 0.25) is 0 Å². The van der Waals surface area contributed by atoms with Gasteiger partial charge in [-0.1, -0.05) is 45.9 Å². The average Bonchev–Trinajstić information content (AvgIpc) is 3.26. The van der Waals surface area contributed by atoms with Gasteiger partial charge >= 0.3 is 5.97 Å². The Morgan fingerprint density at radius 2 is 1.56 bits per heavy atom. The fourth-order valence-electron chi connectivity index (χ4n) is 4.21. The van der Waals surface area contributed by atoms with Gasteiger partial charge in [-0.25, -0.2) is 4.79 Å². The van der Waals surface area contributed by atoms with Crippen molar-refractivity contribution >= 4 is 40.5 Å². The molecule has 4 unspecified atom stereocenters. The molecule has 0 aliphatic rings. The van der Waals surface area contributed by atoms with E-state index in [0.29, 0.717) is 6.42 Å². The number of fused-ring (bicyclic) bond motifs is 1. The van der Waals surface area contributed by atoms with Crippen LogP contribution in [0.5, 0.6) is 0 Å². The monoisotopic (exact) mass is 544 g/mol. The highest BCUT2D eigenvalue weighted by molar-refractivity contribution is 5.94. The number of H-pyrrole nitrogens is 1. The Hall–Kier alpha value is -3.93. The highest BCUT2D eigenvalue weighted by atomic mass is 16.4. The van der Waals surface area contributed by atoms with E-state index in [0.717, 1.165) is 16.5 Å². The fourth-order valence-corrected chi connectivity index (χ4v) is 4.21. The molecule has 0 saturated heterocycles. The number of carboxylic acids is 1. The maximum Gasteiger partial charge on any atom is 0.326 e. The lowest BCUT2D eigenvalue weighted by molar-refractivity contribution is -0.143. The normalized spacial score (nSPS) is 14.4. The summed E-state index contributed by atoms with van der Waals surface area (Å²) in [5, 5.41) is 18.1. The minimum Gasteiger partial charge on any atom is -0.480 e. The van der Waals surface area contributed by atoms with E-state index in [1.807, 2.05) is 38.1 Å². The summed E-state index contributed by atoms with van der Waals surface area (Å²) in [7, 11) is 0. The van der Waals surface area contributed by atoms with E-state index in [4.69, 9.17) is 11.5 Å². The Morgan fingerprint density at radius 1 is 0.923 bits per heavy atom. The molecule has 12 nitrogen and oxygen atoms in total. The molecular formula is C27H40N6O6. The number of primary amides is 1. The summed E-state index contributed by atoms with van der Waals surface area (Å²) >= 11 is 0. The molecule has 0 saturated carbocycles. The summed E-state index contributed by atoms with van der Waals surface area (Å²) in [6.45, 7) is 7.16. The van der Waals surface area contributed by atoms with E-state index < -0.39 is 59.7 Å². The summed E-state index contributed by atoms with van der Waals surface area (Å²) in [5.74, 6) is -4.22. The quantitative estimate of drug-likeness (QED) is 0.169. The number of aromatic amines is 1. The minimum absolute atomic E-state index is 0.0300. The van der Waals surface area contributed by atoms with E-state index in [1.165, 1.54) is 0 Å². The Balaban J connectivity index is 2.10. The highest BCUT2D eigenvalue weighted by Crippen LogP contribution is 2.19. The number of aromatic nitrogens is 1. The molecule has 39 heavy (non-hydrogen) atoms. The molecule has 0 aliphatic heterocycles. The second-order valence-electron chi connectivity index (χ2n) is 10.5. The third-order valence-electron chi connectivity index (χ3n) is 6.33. The van der Waals surface area contributed by atoms with Crippen LogP contribution in [0.3, 0.4) is 0 Å². The third-order valence-corrected chi connectivity index (χ3v) is 6.33. The molecule has 2 aromatic rings. The lowest BCUT2D eigenvalue weighted by Gasteiger charge is -2.27. The van der Waals surface area contributed by atoms with Crippen molar-refractivity contribution in [1.82, 2.24) is 20.9 Å². The van der Waals surface area contributed by atoms with Crippen LogP contribution in [0.15, 0.2) is 30.5 Å². The fraction of sp³-hybridized carbons (Fsp3) is 0.519. The van der Waals surface area contributed by atoms with Crippen molar-refractivity contribution in [2.75, 3.05) is 0 Å². The lowest BCUT2D eigenvalue weighted by atomic mass is 9.98. The van der Waals surface area contributed by atoms with Crippen molar-refractivity contribution < 1.29 is 29.1 Å². The van der Waals surface area contributed by atoms with Gasteiger partial charge in [0, 0.05) is 23.5 Å². The first kappa shape index (κ1) is 31.3. The number of carbonyl (C=O) groups is 5. The number of hydrogen-bond acceptors (Lipinski definition) is 6. The Kier molecular flexibility index (Phi) is 11.5. The number of carboxylic acid groups (broad SMARTS) is 1. The molecule has 1 heterocycles. The molecule has 0 radical (unpaired) electrons. The van der Waals surface area contributed by atoms with E-state index in [9.17, 15) is 29.1 Å². The van der Waals surface area contributed by atoms with Crippen LogP contribution in [0.1, 0.15) is 52.5 Å². The van der Waals surface area contributed by atoms with Crippen molar-refractivity contribution in [1.29, 1.82) is 0 Å². The predicted molar refractivity (Wildman–Crippen MR) is 146 cm³/mol. The summed E-state index contributed by atoms with van der Waals surface area (Å²) in [4.78, 5) is 64.9. The molecule has 0 fully saturated rings. The van der Waals surface area contributed by atoms with Crippen molar-refractivity contribution in [3.8, 4) is 0 Å². The van der Waals surface area contributed by atoms with E-state index in [1.54, 1.807) is 20.0 Å². The van der Waals surface area contributed by atoms with Crippen molar-refractivity contribution in [2.24, 2.45) is 23.3 Å². The maximum absolute atomic E-state index is 13.3. The van der Waals surface area contributed by atoms with Gasteiger partial charge in [0.25, 0.3) is 0 Å². The van der Waals surface area contributed by atoms with Crippen LogP contribution in [0.4, 0.5) is 0 Å². The zero-order chi connectivity index (χ0) is 29.3. The molecule has 1 aromatic carbocycles. The van der Waals surface area contributed by atoms with Crippen LogP contribution in [0.25, 0.3) is 10.9 Å². The third kappa shape index (κ3) is 9.40. The first-order valence-electron chi connectivity index (χ1n) is 13.0. The van der Waals surface area contributed by atoms with Gasteiger partial charge in [-0.2, -0.15) is 0 Å². The minimum atomic E-state index is -1.35. The Morgan fingerprint density at radius 3 is 2.15 bits per heavy atom. The van der Waals surface area contributed by atoms with Crippen LogP contribution in [0, 0.1) is 11.8 Å². The van der Waals surface area contributed by atoms with Crippen molar-refractivity contribution in [3.63, 3.8) is 0 Å². The van der Waals surface area contributed by atoms with Crippen LogP contribution in [-0.2, 0) is 30.4 Å². The predicted octanol–water partition coefficient (Wildman–Crippen LogP) is 0.544. The molecule has 0 bridgehead atoms. The molecule has 4 amide bonds. The van der Waals surface area contributed by atoms with E-state index in [2.05, 4.69) is 20.9 Å². The number of amides is 4. The molecular weight excluding hydrogens is 504 g/mol. The molecule has 0 aliphatic carbocycles. The second kappa shape index (κ2) is 14.3. The molecule has 9 N–H and O–H groups in total. The molecule has 4 atom stereocenters. The molecule has 214 valence electrons. The van der Waals surface area contributed by atoms with Gasteiger partial charge in [-0.05, 0) is 42.7 Å². The van der Waals surface area contributed by atoms with Gasteiger partial charge in [0.2, 0.25) is 23.6 Å². The topological polar surface area (TPSA) is 209 Å². The van der Waals surface area contributed by atoms with Gasteiger partial charge in [-0.3, -0.25) is 19.2 Å². The standard InChI is InChI=1S/C27H40N6O6/c1-14(2)11-21(32-24(35)18(28)12-16-13-30-19-8-6-5-7-17(16)19)25(36)33-23(15(3)4)26(37)31-20(27(38)39)9-10-22(29)34/h5-8,13-15,18,20-21,23,30H,9-12,28H2,1-4H3,(H2,29,34)(H,31,37)(H,32,35)(H,33,36)(H,38,39). The van der Waals surface area contributed by atoms with E-state index in [-0.39, 0.29) is 25.2 Å². The van der Waals surface area contributed by atoms with Gasteiger partial charge in [0.1, 0.15) is 18.1 Å². The van der Waals surface area contributed by atoms with Crippen LogP contribution in [-0.4, -0.2) is 63.9 Å². The van der Waals surface area contributed by atoms with Gasteiger partial charge in [0.15, 0.2) is 0 Å². The summed E-state index contributed by atoms with van der Waals surface area (Å²) in [5.41, 5.74) is 13.1. The zero-order valence-corrected chi connectivity index (χ0v) is 22.8. The SMILES string of the molecule is CC(C)CC(NC(=O)C(N)Cc1c[nH]c2ccccc12)C(=O)NC(C(=O)NC(CCC(N)=O)C(=O)O)C(C)C.